The predicted molar refractivity (Wildman–Crippen MR) is 83.9 cm³/mol. The maximum absolute atomic E-state index is 13.3. The highest BCUT2D eigenvalue weighted by molar-refractivity contribution is 7.89. The van der Waals surface area contributed by atoms with Gasteiger partial charge >= 0.3 is 0 Å². The number of thiocarbonyl (C=S) groups is 1. The van der Waals surface area contributed by atoms with Crippen LogP contribution in [0.4, 0.5) is 4.39 Å². The van der Waals surface area contributed by atoms with E-state index in [1.165, 1.54) is 18.2 Å². The average molecular weight is 330 g/mol. The molecule has 0 amide bonds. The van der Waals surface area contributed by atoms with Crippen molar-refractivity contribution in [3.63, 3.8) is 0 Å². The zero-order valence-corrected chi connectivity index (χ0v) is 13.3. The zero-order chi connectivity index (χ0) is 15.5. The van der Waals surface area contributed by atoms with E-state index in [4.69, 9.17) is 18.0 Å². The molecule has 0 aliphatic heterocycles. The maximum atomic E-state index is 13.3. The quantitative estimate of drug-likeness (QED) is 0.657. The summed E-state index contributed by atoms with van der Waals surface area (Å²) < 4.78 is 40.8. The van der Waals surface area contributed by atoms with Gasteiger partial charge in [-0.3, -0.25) is 0 Å². The van der Waals surface area contributed by atoms with E-state index in [0.29, 0.717) is 12.8 Å². The Labute approximate surface area is 130 Å². The Bertz CT molecular complexity index is 624. The van der Waals surface area contributed by atoms with Gasteiger partial charge in [0.15, 0.2) is 0 Å². The summed E-state index contributed by atoms with van der Waals surface area (Å²) in [5.74, 6) is -0.594. The van der Waals surface area contributed by atoms with E-state index in [1.54, 1.807) is 0 Å². The SMILES string of the molecule is NC(=S)C1(NS(=O)(=O)c2cccc(F)c2)CCCCCC1. The van der Waals surface area contributed by atoms with Crippen molar-refractivity contribution < 1.29 is 12.8 Å². The number of sulfonamides is 1. The van der Waals surface area contributed by atoms with Gasteiger partial charge in [-0.1, -0.05) is 44.0 Å². The lowest BCUT2D eigenvalue weighted by atomic mass is 9.91. The van der Waals surface area contributed by atoms with E-state index < -0.39 is 21.4 Å². The molecule has 0 aromatic heterocycles. The molecule has 1 aromatic rings. The van der Waals surface area contributed by atoms with Crippen LogP contribution in [-0.2, 0) is 10.0 Å². The molecule has 21 heavy (non-hydrogen) atoms. The fraction of sp³-hybridized carbons (Fsp3) is 0.500. The molecule has 0 heterocycles. The second-order valence-corrected chi connectivity index (χ2v) is 7.55. The molecule has 3 N–H and O–H groups in total. The predicted octanol–water partition coefficient (Wildman–Crippen LogP) is 2.48. The molecular weight excluding hydrogens is 311 g/mol. The van der Waals surface area contributed by atoms with Gasteiger partial charge < -0.3 is 5.73 Å². The van der Waals surface area contributed by atoms with Crippen molar-refractivity contribution in [1.82, 2.24) is 4.72 Å². The normalized spacial score (nSPS) is 18.9. The number of hydrogen-bond acceptors (Lipinski definition) is 3. The molecule has 2 rings (SSSR count). The van der Waals surface area contributed by atoms with E-state index >= 15 is 0 Å². The third-order valence-corrected chi connectivity index (χ3v) is 5.79. The van der Waals surface area contributed by atoms with Gasteiger partial charge in [0.25, 0.3) is 0 Å². The lowest BCUT2D eigenvalue weighted by Crippen LogP contribution is -2.56. The molecule has 1 aliphatic rings. The van der Waals surface area contributed by atoms with E-state index in [2.05, 4.69) is 4.72 Å². The first-order valence-electron chi connectivity index (χ1n) is 6.95. The van der Waals surface area contributed by atoms with Crippen LogP contribution in [0.3, 0.4) is 0 Å². The summed E-state index contributed by atoms with van der Waals surface area (Å²) in [4.78, 5) is 0.0479. The third kappa shape index (κ3) is 3.78. The Morgan fingerprint density at radius 3 is 2.38 bits per heavy atom. The fourth-order valence-corrected chi connectivity index (χ4v) is 4.47. The van der Waals surface area contributed by atoms with Crippen LogP contribution in [0.2, 0.25) is 0 Å². The molecule has 116 valence electrons. The van der Waals surface area contributed by atoms with Gasteiger partial charge in [0, 0.05) is 0 Å². The van der Waals surface area contributed by atoms with E-state index in [0.717, 1.165) is 31.7 Å². The summed E-state index contributed by atoms with van der Waals surface area (Å²) in [7, 11) is -3.86. The lowest BCUT2D eigenvalue weighted by Gasteiger charge is -2.32. The highest BCUT2D eigenvalue weighted by atomic mass is 32.2. The van der Waals surface area contributed by atoms with E-state index in [-0.39, 0.29) is 9.88 Å². The van der Waals surface area contributed by atoms with Gasteiger partial charge in [-0.15, -0.1) is 0 Å². The van der Waals surface area contributed by atoms with Crippen LogP contribution >= 0.6 is 12.2 Å². The minimum absolute atomic E-state index is 0.109. The summed E-state index contributed by atoms with van der Waals surface area (Å²) >= 11 is 5.11. The fourth-order valence-electron chi connectivity index (χ4n) is 2.68. The van der Waals surface area contributed by atoms with Crippen molar-refractivity contribution in [3.05, 3.63) is 30.1 Å². The van der Waals surface area contributed by atoms with Crippen LogP contribution in [0.25, 0.3) is 0 Å². The first-order chi connectivity index (χ1) is 9.86. The second kappa shape index (κ2) is 6.37. The van der Waals surface area contributed by atoms with Gasteiger partial charge in [0.2, 0.25) is 10.0 Å². The monoisotopic (exact) mass is 330 g/mol. The number of nitrogens with one attached hydrogen (secondary N) is 1. The van der Waals surface area contributed by atoms with E-state index in [9.17, 15) is 12.8 Å². The summed E-state index contributed by atoms with van der Waals surface area (Å²) in [5.41, 5.74) is 4.91. The molecule has 4 nitrogen and oxygen atoms in total. The Kier molecular flexibility index (Phi) is 4.95. The Morgan fingerprint density at radius 2 is 1.86 bits per heavy atom. The van der Waals surface area contributed by atoms with Crippen LogP contribution in [-0.4, -0.2) is 18.9 Å². The number of nitrogens with two attached hydrogens (primary N) is 1. The lowest BCUT2D eigenvalue weighted by molar-refractivity contribution is 0.440. The summed E-state index contributed by atoms with van der Waals surface area (Å²) in [6.07, 6.45) is 4.96. The van der Waals surface area contributed by atoms with Gasteiger partial charge in [-0.05, 0) is 31.0 Å². The number of benzene rings is 1. The molecule has 7 heteroatoms. The molecule has 1 saturated carbocycles. The number of rotatable bonds is 4. The van der Waals surface area contributed by atoms with Crippen LogP contribution in [0.15, 0.2) is 29.2 Å². The topological polar surface area (TPSA) is 72.2 Å². The van der Waals surface area contributed by atoms with Crippen molar-refractivity contribution in [2.75, 3.05) is 0 Å². The van der Waals surface area contributed by atoms with Gasteiger partial charge in [0.1, 0.15) is 5.82 Å². The van der Waals surface area contributed by atoms with Crippen molar-refractivity contribution in [3.8, 4) is 0 Å². The Hall–Kier alpha value is -1.05. The van der Waals surface area contributed by atoms with Gasteiger partial charge in [-0.2, -0.15) is 4.72 Å². The van der Waals surface area contributed by atoms with Crippen molar-refractivity contribution >= 4 is 27.2 Å². The minimum Gasteiger partial charge on any atom is -0.392 e. The standard InChI is InChI=1S/C14H19FN2O2S2/c15-11-6-5-7-12(10-11)21(18,19)17-14(13(16)20)8-3-1-2-4-9-14/h5-7,10,17H,1-4,8-9H2,(H2,16,20). The highest BCUT2D eigenvalue weighted by Gasteiger charge is 2.38. The molecular formula is C14H19FN2O2S2. The largest absolute Gasteiger partial charge is 0.392 e. The van der Waals surface area contributed by atoms with Gasteiger partial charge in [0.05, 0.1) is 15.4 Å². The van der Waals surface area contributed by atoms with Crippen molar-refractivity contribution in [1.29, 1.82) is 0 Å². The van der Waals surface area contributed by atoms with Crippen LogP contribution in [0.5, 0.6) is 0 Å². The summed E-state index contributed by atoms with van der Waals surface area (Å²) in [6.45, 7) is 0. The molecule has 1 fully saturated rings. The van der Waals surface area contributed by atoms with Crippen LogP contribution in [0.1, 0.15) is 38.5 Å². The van der Waals surface area contributed by atoms with Gasteiger partial charge in [-0.25, -0.2) is 12.8 Å². The smallest absolute Gasteiger partial charge is 0.241 e. The van der Waals surface area contributed by atoms with E-state index in [1.807, 2.05) is 0 Å². The Morgan fingerprint density at radius 1 is 1.24 bits per heavy atom. The summed E-state index contributed by atoms with van der Waals surface area (Å²) in [6, 6.07) is 4.92. The molecule has 0 saturated heterocycles. The minimum atomic E-state index is -3.86. The van der Waals surface area contributed by atoms with Crippen molar-refractivity contribution in [2.45, 2.75) is 49.0 Å². The molecule has 0 atom stereocenters. The third-order valence-electron chi connectivity index (χ3n) is 3.86. The average Bonchev–Trinajstić information content (AvgIpc) is 2.65. The molecule has 1 aliphatic carbocycles. The molecule has 0 spiro atoms. The molecule has 0 radical (unpaired) electrons. The van der Waals surface area contributed by atoms with Crippen LogP contribution in [0, 0.1) is 5.82 Å². The maximum Gasteiger partial charge on any atom is 0.241 e. The Balaban J connectivity index is 2.33. The molecule has 0 unspecified atom stereocenters. The zero-order valence-electron chi connectivity index (χ0n) is 11.6. The molecule has 0 bridgehead atoms. The first kappa shape index (κ1) is 16.3. The number of halogens is 1. The van der Waals surface area contributed by atoms with Crippen molar-refractivity contribution in [2.24, 2.45) is 5.73 Å². The highest BCUT2D eigenvalue weighted by Crippen LogP contribution is 2.29. The molecule has 1 aromatic carbocycles. The summed E-state index contributed by atoms with van der Waals surface area (Å²) in [5, 5.41) is 0. The first-order valence-corrected chi connectivity index (χ1v) is 8.84. The number of hydrogen-bond donors (Lipinski definition) is 2. The second-order valence-electron chi connectivity index (χ2n) is 5.42. The van der Waals surface area contributed by atoms with Crippen LogP contribution < -0.4 is 10.5 Å².